The number of nitrogens with zero attached hydrogens (tertiary/aromatic N) is 1. The Morgan fingerprint density at radius 2 is 1.95 bits per heavy atom. The normalized spacial score (nSPS) is 12.0. The van der Waals surface area contributed by atoms with Crippen LogP contribution in [-0.4, -0.2) is 19.2 Å². The van der Waals surface area contributed by atoms with Crippen molar-refractivity contribution in [2.45, 2.75) is 13.0 Å². The zero-order chi connectivity index (χ0) is 14.5. The number of ether oxygens (including phenoxy) is 2. The third-order valence-electron chi connectivity index (χ3n) is 3.14. The van der Waals surface area contributed by atoms with E-state index in [1.807, 2.05) is 31.2 Å². The Bertz CT molecular complexity index is 587. The van der Waals surface area contributed by atoms with Gasteiger partial charge in [-0.3, -0.25) is 10.8 Å². The van der Waals surface area contributed by atoms with Crippen LogP contribution in [0.4, 0.5) is 0 Å². The van der Waals surface area contributed by atoms with Crippen molar-refractivity contribution in [3.63, 3.8) is 0 Å². The van der Waals surface area contributed by atoms with Gasteiger partial charge in [0.15, 0.2) is 0 Å². The lowest BCUT2D eigenvalue weighted by Gasteiger charge is -2.20. The summed E-state index contributed by atoms with van der Waals surface area (Å²) in [5.74, 6) is 7.23. The Kier molecular flexibility index (Phi) is 4.55. The minimum absolute atomic E-state index is 0.215. The van der Waals surface area contributed by atoms with Gasteiger partial charge in [0.2, 0.25) is 0 Å². The van der Waals surface area contributed by atoms with Crippen LogP contribution in [0.15, 0.2) is 36.7 Å². The van der Waals surface area contributed by atoms with Gasteiger partial charge in [-0.15, -0.1) is 0 Å². The molecule has 2 rings (SSSR count). The van der Waals surface area contributed by atoms with E-state index in [2.05, 4.69) is 10.4 Å². The molecule has 0 spiro atoms. The lowest BCUT2D eigenvalue weighted by Crippen LogP contribution is -2.29. The van der Waals surface area contributed by atoms with E-state index in [1.165, 1.54) is 0 Å². The molecule has 106 valence electrons. The molecule has 0 aliphatic carbocycles. The zero-order valence-electron chi connectivity index (χ0n) is 11.9. The summed E-state index contributed by atoms with van der Waals surface area (Å²) in [5, 5.41) is 0. The number of rotatable bonds is 5. The zero-order valence-corrected chi connectivity index (χ0v) is 11.9. The largest absolute Gasteiger partial charge is 0.497 e. The molecule has 5 heteroatoms. The standard InChI is InChI=1S/C15H19N3O2/c1-10-6-11(9-17-8-10)15(18-16)13-7-12(19-2)4-5-14(13)20-3/h4-9,15,18H,16H2,1-3H3. The highest BCUT2D eigenvalue weighted by Crippen LogP contribution is 2.32. The molecule has 0 amide bonds. The quantitative estimate of drug-likeness (QED) is 0.644. The molecule has 0 bridgehead atoms. The maximum atomic E-state index is 5.73. The van der Waals surface area contributed by atoms with Crippen LogP contribution in [-0.2, 0) is 0 Å². The van der Waals surface area contributed by atoms with Crippen LogP contribution >= 0.6 is 0 Å². The Labute approximate surface area is 118 Å². The SMILES string of the molecule is COc1ccc(OC)c(C(NN)c2cncc(C)c2)c1. The van der Waals surface area contributed by atoms with E-state index in [0.717, 1.165) is 28.2 Å². The molecule has 1 atom stereocenters. The van der Waals surface area contributed by atoms with Crippen LogP contribution in [0.5, 0.6) is 11.5 Å². The third kappa shape index (κ3) is 2.89. The number of nitrogens with one attached hydrogen (secondary N) is 1. The smallest absolute Gasteiger partial charge is 0.124 e. The molecular formula is C15H19N3O2. The van der Waals surface area contributed by atoms with Gasteiger partial charge in [-0.05, 0) is 36.2 Å². The summed E-state index contributed by atoms with van der Waals surface area (Å²) in [6, 6.07) is 7.45. The minimum atomic E-state index is -0.215. The summed E-state index contributed by atoms with van der Waals surface area (Å²) in [4.78, 5) is 4.21. The molecule has 1 aromatic heterocycles. The maximum absolute atomic E-state index is 5.73. The Hall–Kier alpha value is -2.11. The fourth-order valence-corrected chi connectivity index (χ4v) is 2.17. The molecule has 0 radical (unpaired) electrons. The molecule has 1 heterocycles. The van der Waals surface area contributed by atoms with E-state index >= 15 is 0 Å². The van der Waals surface area contributed by atoms with Crippen molar-refractivity contribution in [1.82, 2.24) is 10.4 Å². The van der Waals surface area contributed by atoms with Crippen LogP contribution in [0.3, 0.4) is 0 Å². The van der Waals surface area contributed by atoms with E-state index in [4.69, 9.17) is 15.3 Å². The number of hydrazine groups is 1. The van der Waals surface area contributed by atoms with Crippen molar-refractivity contribution < 1.29 is 9.47 Å². The average molecular weight is 273 g/mol. The highest BCUT2D eigenvalue weighted by molar-refractivity contribution is 5.46. The molecular weight excluding hydrogens is 254 g/mol. The molecule has 0 saturated carbocycles. The fourth-order valence-electron chi connectivity index (χ4n) is 2.17. The van der Waals surface area contributed by atoms with E-state index in [0.29, 0.717) is 0 Å². The number of benzene rings is 1. The van der Waals surface area contributed by atoms with Gasteiger partial charge < -0.3 is 9.47 Å². The first kappa shape index (κ1) is 14.3. The van der Waals surface area contributed by atoms with Gasteiger partial charge in [-0.1, -0.05) is 6.07 Å². The predicted molar refractivity (Wildman–Crippen MR) is 77.7 cm³/mol. The number of methoxy groups -OCH3 is 2. The second-order valence-electron chi connectivity index (χ2n) is 4.50. The minimum Gasteiger partial charge on any atom is -0.497 e. The summed E-state index contributed by atoms with van der Waals surface area (Å²) in [5.41, 5.74) is 5.76. The Morgan fingerprint density at radius 3 is 2.55 bits per heavy atom. The second-order valence-corrected chi connectivity index (χ2v) is 4.50. The van der Waals surface area contributed by atoms with Crippen LogP contribution in [0.1, 0.15) is 22.7 Å². The molecule has 1 aromatic carbocycles. The van der Waals surface area contributed by atoms with Gasteiger partial charge in [0.1, 0.15) is 11.5 Å². The van der Waals surface area contributed by atoms with Gasteiger partial charge in [-0.25, -0.2) is 5.43 Å². The summed E-state index contributed by atoms with van der Waals surface area (Å²) < 4.78 is 10.7. The molecule has 1 unspecified atom stereocenters. The van der Waals surface area contributed by atoms with E-state index in [9.17, 15) is 0 Å². The van der Waals surface area contributed by atoms with Gasteiger partial charge in [0, 0.05) is 18.0 Å². The summed E-state index contributed by atoms with van der Waals surface area (Å²) in [6.45, 7) is 1.99. The highest BCUT2D eigenvalue weighted by Gasteiger charge is 2.18. The molecule has 0 saturated heterocycles. The topological polar surface area (TPSA) is 69.4 Å². The first-order valence-corrected chi connectivity index (χ1v) is 6.29. The average Bonchev–Trinajstić information content (AvgIpc) is 2.48. The molecule has 0 aliphatic rings. The van der Waals surface area contributed by atoms with Gasteiger partial charge in [0.25, 0.3) is 0 Å². The number of hydrogen-bond acceptors (Lipinski definition) is 5. The van der Waals surface area contributed by atoms with Crippen molar-refractivity contribution in [3.05, 3.63) is 53.3 Å². The van der Waals surface area contributed by atoms with Crippen molar-refractivity contribution in [3.8, 4) is 11.5 Å². The molecule has 3 N–H and O–H groups in total. The third-order valence-corrected chi connectivity index (χ3v) is 3.14. The lowest BCUT2D eigenvalue weighted by atomic mass is 9.98. The summed E-state index contributed by atoms with van der Waals surface area (Å²) in [7, 11) is 3.26. The first-order valence-electron chi connectivity index (χ1n) is 6.29. The molecule has 2 aromatic rings. The lowest BCUT2D eigenvalue weighted by molar-refractivity contribution is 0.394. The summed E-state index contributed by atoms with van der Waals surface area (Å²) >= 11 is 0. The fraction of sp³-hybridized carbons (Fsp3) is 0.267. The predicted octanol–water partition coefficient (Wildman–Crippen LogP) is 1.96. The number of aromatic nitrogens is 1. The number of pyridine rings is 1. The van der Waals surface area contributed by atoms with E-state index < -0.39 is 0 Å². The first-order chi connectivity index (χ1) is 9.69. The van der Waals surface area contributed by atoms with Gasteiger partial charge >= 0.3 is 0 Å². The van der Waals surface area contributed by atoms with Crippen molar-refractivity contribution in [1.29, 1.82) is 0 Å². The van der Waals surface area contributed by atoms with Gasteiger partial charge in [-0.2, -0.15) is 0 Å². The molecule has 0 aliphatic heterocycles. The number of aryl methyl sites for hydroxylation is 1. The van der Waals surface area contributed by atoms with Crippen molar-refractivity contribution in [2.24, 2.45) is 5.84 Å². The summed E-state index contributed by atoms with van der Waals surface area (Å²) in [6.07, 6.45) is 3.59. The van der Waals surface area contributed by atoms with Crippen LogP contribution < -0.4 is 20.7 Å². The van der Waals surface area contributed by atoms with Gasteiger partial charge in [0.05, 0.1) is 20.3 Å². The van der Waals surface area contributed by atoms with Crippen LogP contribution in [0.2, 0.25) is 0 Å². The Morgan fingerprint density at radius 1 is 1.15 bits per heavy atom. The van der Waals surface area contributed by atoms with Crippen LogP contribution in [0.25, 0.3) is 0 Å². The number of hydrogen-bond donors (Lipinski definition) is 2. The van der Waals surface area contributed by atoms with E-state index in [-0.39, 0.29) is 6.04 Å². The van der Waals surface area contributed by atoms with Crippen LogP contribution in [0, 0.1) is 6.92 Å². The van der Waals surface area contributed by atoms with Crippen molar-refractivity contribution in [2.75, 3.05) is 14.2 Å². The maximum Gasteiger partial charge on any atom is 0.124 e. The highest BCUT2D eigenvalue weighted by atomic mass is 16.5. The number of nitrogens with two attached hydrogens (primary N) is 1. The Balaban J connectivity index is 2.50. The molecule has 20 heavy (non-hydrogen) atoms. The molecule has 0 fully saturated rings. The van der Waals surface area contributed by atoms with Crippen molar-refractivity contribution >= 4 is 0 Å². The monoisotopic (exact) mass is 273 g/mol. The second kappa shape index (κ2) is 6.36. The van der Waals surface area contributed by atoms with E-state index in [1.54, 1.807) is 26.6 Å². The molecule has 5 nitrogen and oxygen atoms in total.